The number of esters is 1. The highest BCUT2D eigenvalue weighted by Crippen LogP contribution is 2.76. The number of hydrogen-bond donors (Lipinski definition) is 18. The van der Waals surface area contributed by atoms with Crippen LogP contribution in [0.3, 0.4) is 0 Å². The Morgan fingerprint density at radius 3 is 1.79 bits per heavy atom. The summed E-state index contributed by atoms with van der Waals surface area (Å²) in [7, 11) is 0. The molecule has 12 rings (SSSR count). The van der Waals surface area contributed by atoms with E-state index < -0.39 is 253 Å². The summed E-state index contributed by atoms with van der Waals surface area (Å²) >= 11 is 0. The molecule has 0 spiro atoms. The average Bonchev–Trinajstić information content (AvgIpc) is 1.12. The van der Waals surface area contributed by atoms with Crippen LogP contribution in [0.1, 0.15) is 120 Å². The molecule has 101 heavy (non-hydrogen) atoms. The third kappa shape index (κ3) is 13.6. The number of carbonyl (C=O) groups excluding carboxylic acids is 1. The van der Waals surface area contributed by atoms with Crippen molar-refractivity contribution in [3.05, 3.63) is 11.6 Å². The van der Waals surface area contributed by atoms with Crippen LogP contribution >= 0.6 is 0 Å². The van der Waals surface area contributed by atoms with Gasteiger partial charge in [-0.05, 0) is 116 Å². The van der Waals surface area contributed by atoms with Crippen molar-refractivity contribution in [1.82, 2.24) is 0 Å². The fourth-order valence-corrected chi connectivity index (χ4v) is 19.8. The Labute approximate surface area is 584 Å². The van der Waals surface area contributed by atoms with Crippen molar-refractivity contribution in [2.45, 2.75) is 303 Å². The van der Waals surface area contributed by atoms with Gasteiger partial charge < -0.3 is 158 Å². The average molecular weight is 1460 g/mol. The lowest BCUT2D eigenvalue weighted by Gasteiger charge is -2.71. The Balaban J connectivity index is 0.648. The molecule has 37 atom stereocenters. The SMILES string of the molecule is CC1OC(O[C@@H]2CC[C@]3(C)C(CC[C@@]4(C)C3CC=C3C5CC(C)(C)CC[C@@]5(C(=O)OC5OC(CO)C(OC6OC(CO)C(O)C(O)C6O)C(O)C5O)CC[C@@]34C)C2(C)C)C(O)C(O)C1OC1OCC(O)(COC2OCC(O)C(OC3OCC(OC4OCC(O)(CO)C4O)C(O)C3O)C2O)C1O. The van der Waals surface area contributed by atoms with Crippen LogP contribution in [0.25, 0.3) is 0 Å². The second kappa shape index (κ2) is 29.1. The maximum absolute atomic E-state index is 15.2. The summed E-state index contributed by atoms with van der Waals surface area (Å²) < 4.78 is 81.6. The van der Waals surface area contributed by atoms with Gasteiger partial charge in [0, 0.05) is 0 Å². The Hall–Kier alpha value is -2.03. The van der Waals surface area contributed by atoms with E-state index in [4.69, 9.17) is 66.3 Å². The molecule has 0 aromatic carbocycles. The molecule has 7 heterocycles. The standard InChI is InChI=1S/C68H110O33/c1-28-48(98-59-52(84)68(87,27-92-59)26-90-53-47(82)49(31(72)22-88-53)99-54-43(78)39(74)34(23-89-54)96-58-51(83)67(86,24-71)25-91-58)41(76)45(80)55(93-28)97-37-12-13-63(6)35(62(37,4)5)11-14-65(8)36(63)10-9-29-30-19-61(2,3)15-17-66(30,18-16-64(29,65)7)60(85)101-57-46(81)42(77)50(33(21-70)95-57)100-56-44(79)40(75)38(73)32(20-69)94-56/h9,28,30-59,69-84,86-87H,10-27H2,1-8H3/t28?,30?,31?,32?,33?,34?,35?,36?,37-,38?,39?,40?,41?,42?,43?,44?,45?,46?,47?,48?,49?,50?,51?,52?,53?,54?,55?,56?,57?,58?,59?,63-,64+,65+,66-,67?,68?/m1/s1. The Morgan fingerprint density at radius 2 is 1.11 bits per heavy atom. The van der Waals surface area contributed by atoms with Gasteiger partial charge in [0.2, 0.25) is 6.29 Å². The van der Waals surface area contributed by atoms with Gasteiger partial charge in [0.05, 0.1) is 70.5 Å². The summed E-state index contributed by atoms with van der Waals surface area (Å²) in [6.45, 7) is 12.4. The smallest absolute Gasteiger partial charge is 0.315 e. The molecule has 0 bridgehead atoms. The van der Waals surface area contributed by atoms with Crippen molar-refractivity contribution >= 4 is 5.97 Å². The molecule has 580 valence electrons. The van der Waals surface area contributed by atoms with Crippen molar-refractivity contribution < 1.29 is 163 Å². The molecule has 0 amide bonds. The predicted molar refractivity (Wildman–Crippen MR) is 335 cm³/mol. The molecule has 11 fully saturated rings. The van der Waals surface area contributed by atoms with E-state index in [0.717, 1.165) is 25.7 Å². The van der Waals surface area contributed by atoms with Crippen LogP contribution in [0.15, 0.2) is 11.6 Å². The van der Waals surface area contributed by atoms with Crippen LogP contribution in [0.4, 0.5) is 0 Å². The number of hydrogen-bond acceptors (Lipinski definition) is 33. The molecule has 12 aliphatic rings. The minimum atomic E-state index is -2.22. The minimum absolute atomic E-state index is 0.127. The molecule has 4 saturated carbocycles. The van der Waals surface area contributed by atoms with Crippen LogP contribution in [0, 0.1) is 50.2 Å². The summed E-state index contributed by atoms with van der Waals surface area (Å²) in [5, 5.41) is 195. The molecule has 33 heteroatoms. The topological polar surface area (TPSA) is 510 Å². The zero-order valence-corrected chi connectivity index (χ0v) is 58.4. The number of ether oxygens (including phenoxy) is 14. The molecule has 7 saturated heterocycles. The van der Waals surface area contributed by atoms with Crippen LogP contribution in [-0.2, 0) is 71.1 Å². The van der Waals surface area contributed by atoms with Crippen LogP contribution in [0.5, 0.6) is 0 Å². The van der Waals surface area contributed by atoms with E-state index in [-0.39, 0.29) is 39.4 Å². The largest absolute Gasteiger partial charge is 0.432 e. The van der Waals surface area contributed by atoms with E-state index in [2.05, 4.69) is 54.5 Å². The Morgan fingerprint density at radius 1 is 0.525 bits per heavy atom. The van der Waals surface area contributed by atoms with E-state index in [1.165, 1.54) is 5.57 Å². The first-order valence-corrected chi connectivity index (χ1v) is 35.7. The van der Waals surface area contributed by atoms with E-state index in [1.54, 1.807) is 6.92 Å². The number of fused-ring (bicyclic) bond motifs is 7. The molecular weight excluding hydrogens is 1340 g/mol. The van der Waals surface area contributed by atoms with E-state index in [9.17, 15) is 91.9 Å². The molecule has 5 aliphatic carbocycles. The van der Waals surface area contributed by atoms with Crippen LogP contribution in [-0.4, -0.2) is 334 Å². The number of carbonyl (C=O) groups is 1. The van der Waals surface area contributed by atoms with Crippen molar-refractivity contribution in [2.24, 2.45) is 50.2 Å². The maximum Gasteiger partial charge on any atom is 0.315 e. The molecule has 0 aromatic heterocycles. The van der Waals surface area contributed by atoms with Gasteiger partial charge in [-0.2, -0.15) is 0 Å². The molecule has 0 aromatic rings. The third-order valence-electron chi connectivity index (χ3n) is 26.4. The number of allylic oxidation sites excluding steroid dienone is 2. The van der Waals surface area contributed by atoms with E-state index in [1.807, 2.05) is 0 Å². The fraction of sp³-hybridized carbons (Fsp3) is 0.956. The Bertz CT molecular complexity index is 2890. The molecule has 18 N–H and O–H groups in total. The van der Waals surface area contributed by atoms with Gasteiger partial charge in [0.15, 0.2) is 37.7 Å². The van der Waals surface area contributed by atoms with Crippen molar-refractivity contribution in [3.8, 4) is 0 Å². The van der Waals surface area contributed by atoms with Gasteiger partial charge in [-0.3, -0.25) is 4.79 Å². The highest BCUT2D eigenvalue weighted by molar-refractivity contribution is 5.79. The normalized spacial score (nSPS) is 54.2. The molecular formula is C68H110O33. The fourth-order valence-electron chi connectivity index (χ4n) is 19.8. The van der Waals surface area contributed by atoms with E-state index in [0.29, 0.717) is 38.5 Å². The Kier molecular flexibility index (Phi) is 22.6. The van der Waals surface area contributed by atoms with Gasteiger partial charge >= 0.3 is 5.97 Å². The lowest BCUT2D eigenvalue weighted by Crippen LogP contribution is -2.66. The predicted octanol–water partition coefficient (Wildman–Crippen LogP) is -4.98. The first kappa shape index (κ1) is 78.5. The van der Waals surface area contributed by atoms with Gasteiger partial charge in [0.1, 0.15) is 127 Å². The quantitative estimate of drug-likeness (QED) is 0.0347. The monoisotopic (exact) mass is 1450 g/mol. The highest BCUT2D eigenvalue weighted by Gasteiger charge is 2.71. The molecule has 33 nitrogen and oxygen atoms in total. The van der Waals surface area contributed by atoms with Crippen molar-refractivity contribution in [3.63, 3.8) is 0 Å². The summed E-state index contributed by atoms with van der Waals surface area (Å²) in [6, 6.07) is 0. The first-order valence-electron chi connectivity index (χ1n) is 35.7. The van der Waals surface area contributed by atoms with Gasteiger partial charge in [-0.25, -0.2) is 0 Å². The first-order chi connectivity index (χ1) is 47.4. The van der Waals surface area contributed by atoms with Gasteiger partial charge in [0.25, 0.3) is 0 Å². The molecule has 7 aliphatic heterocycles. The highest BCUT2D eigenvalue weighted by atomic mass is 16.8. The van der Waals surface area contributed by atoms with Crippen molar-refractivity contribution in [2.75, 3.05) is 52.9 Å². The number of aliphatic hydroxyl groups is 18. The number of aliphatic hydroxyl groups excluding tert-OH is 16. The molecule has 0 radical (unpaired) electrons. The second-order valence-corrected chi connectivity index (χ2v) is 33.2. The summed E-state index contributed by atoms with van der Waals surface area (Å²) in [5.41, 5.74) is -5.50. The summed E-state index contributed by atoms with van der Waals surface area (Å²) in [5.74, 6) is -0.518. The summed E-state index contributed by atoms with van der Waals surface area (Å²) in [4.78, 5) is 15.2. The minimum Gasteiger partial charge on any atom is -0.432 e. The number of rotatable bonds is 18. The lowest BCUT2D eigenvalue weighted by atomic mass is 9.33. The van der Waals surface area contributed by atoms with Gasteiger partial charge in [-0.15, -0.1) is 0 Å². The van der Waals surface area contributed by atoms with Crippen LogP contribution in [0.2, 0.25) is 0 Å². The maximum atomic E-state index is 15.2. The third-order valence-corrected chi connectivity index (χ3v) is 26.4. The summed E-state index contributed by atoms with van der Waals surface area (Å²) in [6.07, 6.45) is -34.8. The zero-order chi connectivity index (χ0) is 73.4. The van der Waals surface area contributed by atoms with Gasteiger partial charge in [-0.1, -0.05) is 60.1 Å². The lowest BCUT2D eigenvalue weighted by molar-refractivity contribution is -0.356. The van der Waals surface area contributed by atoms with E-state index >= 15 is 4.79 Å². The molecule has 32 unspecified atom stereocenters. The van der Waals surface area contributed by atoms with Crippen molar-refractivity contribution in [1.29, 1.82) is 0 Å². The zero-order valence-electron chi connectivity index (χ0n) is 58.4. The van der Waals surface area contributed by atoms with Crippen LogP contribution < -0.4 is 0 Å². The second-order valence-electron chi connectivity index (χ2n) is 33.2.